The van der Waals surface area contributed by atoms with Gasteiger partial charge in [-0.3, -0.25) is 4.90 Å². The molecule has 1 N–H and O–H groups in total. The normalized spacial score (nSPS) is 18.6. The van der Waals surface area contributed by atoms with E-state index in [9.17, 15) is 9.50 Å². The fraction of sp³-hybridized carbons (Fsp3) is 0.444. The molecule has 36 heavy (non-hydrogen) atoms. The second kappa shape index (κ2) is 12.2. The van der Waals surface area contributed by atoms with Crippen molar-refractivity contribution in [2.45, 2.75) is 32.0 Å². The van der Waals surface area contributed by atoms with Gasteiger partial charge in [-0.05, 0) is 42.0 Å². The van der Waals surface area contributed by atoms with E-state index in [1.54, 1.807) is 25.4 Å². The first-order valence-corrected chi connectivity index (χ1v) is 12.2. The second-order valence-corrected chi connectivity index (χ2v) is 8.95. The van der Waals surface area contributed by atoms with Gasteiger partial charge in [-0.1, -0.05) is 13.0 Å². The van der Waals surface area contributed by atoms with Crippen molar-refractivity contribution in [2.24, 2.45) is 0 Å². The van der Waals surface area contributed by atoms with Crippen LogP contribution in [0.15, 0.2) is 54.9 Å². The summed E-state index contributed by atoms with van der Waals surface area (Å²) < 4.78 is 38.2. The predicted octanol–water partition coefficient (Wildman–Crippen LogP) is 3.31. The number of aliphatic hydroxyl groups is 1. The molecule has 0 radical (unpaired) electrons. The van der Waals surface area contributed by atoms with Crippen molar-refractivity contribution in [3.8, 4) is 17.2 Å². The molecular formula is C27H34FN3O5. The Morgan fingerprint density at radius 1 is 1.14 bits per heavy atom. The van der Waals surface area contributed by atoms with Crippen LogP contribution in [0, 0.1) is 5.82 Å². The summed E-state index contributed by atoms with van der Waals surface area (Å²) >= 11 is 0. The molecule has 1 aromatic heterocycles. The van der Waals surface area contributed by atoms with E-state index in [-0.39, 0.29) is 19.0 Å². The molecule has 0 aliphatic carbocycles. The van der Waals surface area contributed by atoms with Crippen LogP contribution in [0.4, 0.5) is 4.39 Å². The van der Waals surface area contributed by atoms with Crippen molar-refractivity contribution in [3.05, 3.63) is 72.1 Å². The molecule has 0 spiro atoms. The van der Waals surface area contributed by atoms with Crippen LogP contribution in [0.25, 0.3) is 0 Å². The number of hydrogen-bond acceptors (Lipinski definition) is 7. The summed E-state index contributed by atoms with van der Waals surface area (Å²) in [5.74, 6) is 2.54. The summed E-state index contributed by atoms with van der Waals surface area (Å²) in [5, 5.41) is 11.2. The van der Waals surface area contributed by atoms with Crippen molar-refractivity contribution >= 4 is 0 Å². The quantitative estimate of drug-likeness (QED) is 0.434. The number of benzene rings is 2. The number of halogens is 1. The highest BCUT2D eigenvalue weighted by Crippen LogP contribution is 2.29. The third-order valence-electron chi connectivity index (χ3n) is 6.10. The van der Waals surface area contributed by atoms with E-state index >= 15 is 0 Å². The van der Waals surface area contributed by atoms with E-state index in [1.165, 1.54) is 12.1 Å². The minimum atomic E-state index is -1.20. The highest BCUT2D eigenvalue weighted by molar-refractivity contribution is 5.43. The highest BCUT2D eigenvalue weighted by atomic mass is 19.1. The van der Waals surface area contributed by atoms with Crippen LogP contribution in [0.5, 0.6) is 17.2 Å². The van der Waals surface area contributed by atoms with Crippen LogP contribution in [-0.2, 0) is 24.2 Å². The Morgan fingerprint density at radius 3 is 2.75 bits per heavy atom. The molecule has 2 heterocycles. The summed E-state index contributed by atoms with van der Waals surface area (Å²) in [6, 6.07) is 11.6. The number of rotatable bonds is 11. The molecule has 1 aliphatic heterocycles. The van der Waals surface area contributed by atoms with Crippen LogP contribution < -0.4 is 14.2 Å². The minimum absolute atomic E-state index is 0.0418. The SMILES string of the molecule is CCc1nccn1CCOc1cc(CN2CCOC[C@@](O)(COc3ccc(F)cc3)C2)ccc1OC. The largest absolute Gasteiger partial charge is 0.493 e. The highest BCUT2D eigenvalue weighted by Gasteiger charge is 2.33. The Bertz CT molecular complexity index is 1110. The van der Waals surface area contributed by atoms with E-state index in [1.807, 2.05) is 24.4 Å². The molecule has 0 bridgehead atoms. The van der Waals surface area contributed by atoms with Crippen molar-refractivity contribution in [1.82, 2.24) is 14.5 Å². The topological polar surface area (TPSA) is 78.2 Å². The molecule has 1 fully saturated rings. The lowest BCUT2D eigenvalue weighted by molar-refractivity contribution is -0.0646. The lowest BCUT2D eigenvalue weighted by atomic mass is 10.1. The van der Waals surface area contributed by atoms with E-state index in [2.05, 4.69) is 21.4 Å². The van der Waals surface area contributed by atoms with Crippen molar-refractivity contribution in [3.63, 3.8) is 0 Å². The van der Waals surface area contributed by atoms with E-state index in [4.69, 9.17) is 18.9 Å². The number of nitrogens with zero attached hydrogens (tertiary/aromatic N) is 3. The van der Waals surface area contributed by atoms with Crippen LogP contribution >= 0.6 is 0 Å². The molecule has 194 valence electrons. The van der Waals surface area contributed by atoms with Crippen molar-refractivity contribution in [1.29, 1.82) is 0 Å². The third-order valence-corrected chi connectivity index (χ3v) is 6.10. The number of aromatic nitrogens is 2. The lowest BCUT2D eigenvalue weighted by Gasteiger charge is -2.30. The molecule has 3 aromatic rings. The zero-order chi connectivity index (χ0) is 25.4. The fourth-order valence-corrected chi connectivity index (χ4v) is 4.27. The minimum Gasteiger partial charge on any atom is -0.493 e. The third kappa shape index (κ3) is 6.96. The predicted molar refractivity (Wildman–Crippen MR) is 133 cm³/mol. The van der Waals surface area contributed by atoms with Gasteiger partial charge >= 0.3 is 0 Å². The summed E-state index contributed by atoms with van der Waals surface area (Å²) in [6.07, 6.45) is 4.63. The monoisotopic (exact) mass is 499 g/mol. The number of methoxy groups -OCH3 is 1. The van der Waals surface area contributed by atoms with Crippen molar-refractivity contribution < 1.29 is 28.4 Å². The van der Waals surface area contributed by atoms with E-state index < -0.39 is 5.60 Å². The van der Waals surface area contributed by atoms with Gasteiger partial charge in [0.2, 0.25) is 0 Å². The Morgan fingerprint density at radius 2 is 1.97 bits per heavy atom. The first kappa shape index (κ1) is 25.9. The lowest BCUT2D eigenvalue weighted by Crippen LogP contribution is -2.48. The Kier molecular flexibility index (Phi) is 8.79. The smallest absolute Gasteiger partial charge is 0.161 e. The fourth-order valence-electron chi connectivity index (χ4n) is 4.27. The van der Waals surface area contributed by atoms with Crippen LogP contribution in [0.2, 0.25) is 0 Å². The summed E-state index contributed by atoms with van der Waals surface area (Å²) in [4.78, 5) is 6.48. The van der Waals surface area contributed by atoms with E-state index in [0.717, 1.165) is 17.8 Å². The maximum atomic E-state index is 13.2. The maximum absolute atomic E-state index is 13.2. The Hall–Kier alpha value is -3.14. The summed E-state index contributed by atoms with van der Waals surface area (Å²) in [7, 11) is 1.63. The molecule has 1 saturated heterocycles. The van der Waals surface area contributed by atoms with Gasteiger partial charge in [0.15, 0.2) is 11.5 Å². The number of ether oxygens (including phenoxy) is 4. The summed E-state index contributed by atoms with van der Waals surface area (Å²) in [5.41, 5.74) is -0.162. The molecule has 4 rings (SSSR count). The maximum Gasteiger partial charge on any atom is 0.161 e. The average molecular weight is 500 g/mol. The Balaban J connectivity index is 1.37. The molecule has 2 aromatic carbocycles. The van der Waals surface area contributed by atoms with Crippen molar-refractivity contribution in [2.75, 3.05) is 46.6 Å². The molecule has 0 saturated carbocycles. The first-order valence-electron chi connectivity index (χ1n) is 12.2. The van der Waals surface area contributed by atoms with Gasteiger partial charge in [0.1, 0.15) is 36.2 Å². The first-order chi connectivity index (χ1) is 17.5. The molecule has 8 nitrogen and oxygen atoms in total. The average Bonchev–Trinajstić information content (AvgIpc) is 3.25. The van der Waals surface area contributed by atoms with Gasteiger partial charge in [0.25, 0.3) is 0 Å². The van der Waals surface area contributed by atoms with Gasteiger partial charge in [0.05, 0.1) is 26.9 Å². The molecule has 0 unspecified atom stereocenters. The van der Waals surface area contributed by atoms with Gasteiger partial charge in [-0.25, -0.2) is 9.37 Å². The molecular weight excluding hydrogens is 465 g/mol. The molecule has 1 aliphatic rings. The van der Waals surface area contributed by atoms with Gasteiger partial charge < -0.3 is 28.6 Å². The number of hydrogen-bond donors (Lipinski definition) is 1. The standard InChI is InChI=1S/C27H34FN3O5/c1-3-26-29-10-11-31(26)13-15-35-25-16-21(4-9-24(25)33-2)17-30-12-14-34-19-27(32,18-30)20-36-23-7-5-22(28)6-8-23/h4-11,16,32H,3,12-15,17-20H2,1-2H3/t27-/m1/s1. The zero-order valence-corrected chi connectivity index (χ0v) is 20.9. The Labute approximate surface area is 211 Å². The van der Waals surface area contributed by atoms with Gasteiger partial charge in [-0.15, -0.1) is 0 Å². The number of aryl methyl sites for hydroxylation is 1. The zero-order valence-electron chi connectivity index (χ0n) is 20.9. The second-order valence-electron chi connectivity index (χ2n) is 8.95. The number of imidazole rings is 1. The van der Waals surface area contributed by atoms with Crippen LogP contribution in [0.1, 0.15) is 18.3 Å². The van der Waals surface area contributed by atoms with Gasteiger partial charge in [-0.2, -0.15) is 0 Å². The number of β-amino-alcohol motifs (C(OH)–C–C–N with tert-alkyl or cyclic N) is 1. The molecule has 1 atom stereocenters. The molecule has 0 amide bonds. The summed E-state index contributed by atoms with van der Waals surface area (Å²) in [6.45, 7) is 5.61. The van der Waals surface area contributed by atoms with Gasteiger partial charge in [0, 0.05) is 38.4 Å². The molecule has 9 heteroatoms. The van der Waals surface area contributed by atoms with Crippen LogP contribution in [0.3, 0.4) is 0 Å². The van der Waals surface area contributed by atoms with E-state index in [0.29, 0.717) is 56.6 Å². The van der Waals surface area contributed by atoms with Crippen LogP contribution in [-0.4, -0.2) is 71.8 Å².